The standard InChI is InChI=1S/C24H33N3O3/c1-17-13-18(2)19(3)22(14-17)30-12-6-11-26-23(28)16-27(5)15-20-7-9-21(10-8-20)24(29)25-4/h7-10,13-14H,6,11-12,15-16H2,1-5H3,(H,25,29)(H,26,28). The highest BCUT2D eigenvalue weighted by molar-refractivity contribution is 5.93. The molecule has 0 fully saturated rings. The van der Waals surface area contributed by atoms with Crippen LogP contribution in [-0.2, 0) is 11.3 Å². The molecule has 30 heavy (non-hydrogen) atoms. The molecule has 0 aliphatic rings. The van der Waals surface area contributed by atoms with E-state index >= 15 is 0 Å². The summed E-state index contributed by atoms with van der Waals surface area (Å²) in [4.78, 5) is 25.7. The van der Waals surface area contributed by atoms with Crippen LogP contribution >= 0.6 is 0 Å². The number of nitrogens with one attached hydrogen (secondary N) is 2. The van der Waals surface area contributed by atoms with Crippen molar-refractivity contribution in [1.29, 1.82) is 0 Å². The Balaban J connectivity index is 1.67. The van der Waals surface area contributed by atoms with Gasteiger partial charge in [-0.15, -0.1) is 0 Å². The molecule has 2 amide bonds. The molecular formula is C24H33N3O3. The highest BCUT2D eigenvalue weighted by Gasteiger charge is 2.09. The molecule has 0 unspecified atom stereocenters. The van der Waals surface area contributed by atoms with Gasteiger partial charge >= 0.3 is 0 Å². The first-order valence-corrected chi connectivity index (χ1v) is 10.3. The average molecular weight is 412 g/mol. The van der Waals surface area contributed by atoms with Crippen molar-refractivity contribution in [2.24, 2.45) is 0 Å². The van der Waals surface area contributed by atoms with Crippen molar-refractivity contribution in [2.75, 3.05) is 33.8 Å². The molecule has 6 heteroatoms. The molecule has 162 valence electrons. The van der Waals surface area contributed by atoms with Gasteiger partial charge in [-0.1, -0.05) is 18.2 Å². The van der Waals surface area contributed by atoms with E-state index < -0.39 is 0 Å². The summed E-state index contributed by atoms with van der Waals surface area (Å²) >= 11 is 0. The molecule has 0 spiro atoms. The molecule has 2 aromatic carbocycles. The Kier molecular flexibility index (Phi) is 8.87. The van der Waals surface area contributed by atoms with Gasteiger partial charge in [-0.2, -0.15) is 0 Å². The predicted octanol–water partition coefficient (Wildman–Crippen LogP) is 2.99. The van der Waals surface area contributed by atoms with Crippen LogP contribution in [0.1, 0.15) is 39.0 Å². The molecule has 2 N–H and O–H groups in total. The van der Waals surface area contributed by atoms with Gasteiger partial charge in [-0.25, -0.2) is 0 Å². The quantitative estimate of drug-likeness (QED) is 0.590. The second-order valence-electron chi connectivity index (χ2n) is 7.71. The van der Waals surface area contributed by atoms with Crippen LogP contribution in [0.4, 0.5) is 0 Å². The number of carbonyl (C=O) groups is 2. The van der Waals surface area contributed by atoms with Crippen molar-refractivity contribution in [3.8, 4) is 5.75 Å². The molecule has 0 aliphatic heterocycles. The molecule has 6 nitrogen and oxygen atoms in total. The zero-order chi connectivity index (χ0) is 22.1. The Labute approximate surface area is 179 Å². The number of likely N-dealkylation sites (N-methyl/N-ethyl adjacent to an activating group) is 1. The van der Waals surface area contributed by atoms with Gasteiger partial charge in [-0.3, -0.25) is 14.5 Å². The number of hydrogen-bond acceptors (Lipinski definition) is 4. The summed E-state index contributed by atoms with van der Waals surface area (Å²) in [5.41, 5.74) is 5.25. The van der Waals surface area contributed by atoms with Gasteiger partial charge in [0, 0.05) is 25.7 Å². The van der Waals surface area contributed by atoms with E-state index in [-0.39, 0.29) is 11.8 Å². The van der Waals surface area contributed by atoms with Gasteiger partial charge in [0.2, 0.25) is 5.91 Å². The predicted molar refractivity (Wildman–Crippen MR) is 120 cm³/mol. The van der Waals surface area contributed by atoms with Gasteiger partial charge < -0.3 is 15.4 Å². The Morgan fingerprint density at radius 1 is 1.07 bits per heavy atom. The van der Waals surface area contributed by atoms with Gasteiger partial charge in [0.25, 0.3) is 5.91 Å². The molecule has 0 bridgehead atoms. The Morgan fingerprint density at radius 3 is 2.43 bits per heavy atom. The van der Waals surface area contributed by atoms with Crippen LogP contribution in [0.2, 0.25) is 0 Å². The minimum absolute atomic E-state index is 0.0120. The number of amides is 2. The highest BCUT2D eigenvalue weighted by atomic mass is 16.5. The van der Waals surface area contributed by atoms with Gasteiger partial charge in [0.15, 0.2) is 0 Å². The Hall–Kier alpha value is -2.86. The third-order valence-corrected chi connectivity index (χ3v) is 4.97. The van der Waals surface area contributed by atoms with Crippen molar-refractivity contribution in [3.63, 3.8) is 0 Å². The van der Waals surface area contributed by atoms with Crippen LogP contribution in [0.25, 0.3) is 0 Å². The first-order chi connectivity index (χ1) is 14.3. The van der Waals surface area contributed by atoms with E-state index in [1.807, 2.05) is 24.1 Å². The van der Waals surface area contributed by atoms with E-state index in [9.17, 15) is 9.59 Å². The summed E-state index contributed by atoms with van der Waals surface area (Å²) in [6.07, 6.45) is 0.753. The van der Waals surface area contributed by atoms with Crippen LogP contribution in [0, 0.1) is 20.8 Å². The molecule has 0 saturated heterocycles. The monoisotopic (exact) mass is 411 g/mol. The summed E-state index contributed by atoms with van der Waals surface area (Å²) in [6.45, 7) is 8.31. The molecule has 2 aromatic rings. The van der Waals surface area contributed by atoms with Crippen molar-refractivity contribution >= 4 is 11.8 Å². The fourth-order valence-electron chi connectivity index (χ4n) is 3.21. The maximum Gasteiger partial charge on any atom is 0.251 e. The minimum Gasteiger partial charge on any atom is -0.493 e. The Bertz CT molecular complexity index is 863. The van der Waals surface area contributed by atoms with Crippen molar-refractivity contribution < 1.29 is 14.3 Å². The lowest BCUT2D eigenvalue weighted by atomic mass is 10.1. The SMILES string of the molecule is CNC(=O)c1ccc(CN(C)CC(=O)NCCCOc2cc(C)cc(C)c2C)cc1. The number of ether oxygens (including phenoxy) is 1. The molecular weight excluding hydrogens is 378 g/mol. The molecule has 2 rings (SSSR count). The molecule has 0 saturated carbocycles. The second-order valence-corrected chi connectivity index (χ2v) is 7.71. The van der Waals surface area contributed by atoms with Gasteiger partial charge in [0.05, 0.1) is 13.2 Å². The fraction of sp³-hybridized carbons (Fsp3) is 0.417. The van der Waals surface area contributed by atoms with E-state index in [4.69, 9.17) is 4.74 Å². The van der Waals surface area contributed by atoms with Crippen LogP contribution < -0.4 is 15.4 Å². The normalized spacial score (nSPS) is 10.7. The zero-order valence-electron chi connectivity index (χ0n) is 18.7. The zero-order valence-corrected chi connectivity index (χ0v) is 18.7. The number of benzene rings is 2. The lowest BCUT2D eigenvalue weighted by Gasteiger charge is -2.17. The maximum absolute atomic E-state index is 12.2. The van der Waals surface area contributed by atoms with Crippen LogP contribution in [0.3, 0.4) is 0 Å². The van der Waals surface area contributed by atoms with E-state index in [1.165, 1.54) is 11.1 Å². The van der Waals surface area contributed by atoms with E-state index in [0.29, 0.717) is 31.8 Å². The summed E-state index contributed by atoms with van der Waals surface area (Å²) in [7, 11) is 3.51. The van der Waals surface area contributed by atoms with Crippen LogP contribution in [-0.4, -0.2) is 50.5 Å². The second kappa shape index (κ2) is 11.4. The summed E-state index contributed by atoms with van der Waals surface area (Å²) in [6, 6.07) is 11.6. The lowest BCUT2D eigenvalue weighted by molar-refractivity contribution is -0.122. The molecule has 0 aromatic heterocycles. The van der Waals surface area contributed by atoms with Crippen molar-refractivity contribution in [3.05, 3.63) is 64.2 Å². The third-order valence-electron chi connectivity index (χ3n) is 4.97. The largest absolute Gasteiger partial charge is 0.493 e. The fourth-order valence-corrected chi connectivity index (χ4v) is 3.21. The molecule has 0 aliphatic carbocycles. The topological polar surface area (TPSA) is 70.7 Å². The number of hydrogen-bond donors (Lipinski definition) is 2. The van der Waals surface area contributed by atoms with E-state index in [2.05, 4.69) is 43.5 Å². The van der Waals surface area contributed by atoms with Crippen molar-refractivity contribution in [1.82, 2.24) is 15.5 Å². The minimum atomic E-state index is -0.106. The maximum atomic E-state index is 12.2. The lowest BCUT2D eigenvalue weighted by Crippen LogP contribution is -2.35. The first kappa shape index (κ1) is 23.4. The number of aryl methyl sites for hydroxylation is 2. The average Bonchev–Trinajstić information content (AvgIpc) is 2.71. The van der Waals surface area contributed by atoms with Crippen LogP contribution in [0.5, 0.6) is 5.75 Å². The number of rotatable bonds is 10. The molecule has 0 radical (unpaired) electrons. The number of nitrogens with zero attached hydrogens (tertiary/aromatic N) is 1. The smallest absolute Gasteiger partial charge is 0.251 e. The third kappa shape index (κ3) is 7.19. The van der Waals surface area contributed by atoms with Gasteiger partial charge in [0.1, 0.15) is 5.75 Å². The van der Waals surface area contributed by atoms with Crippen molar-refractivity contribution in [2.45, 2.75) is 33.7 Å². The highest BCUT2D eigenvalue weighted by Crippen LogP contribution is 2.23. The molecule has 0 atom stereocenters. The molecule has 0 heterocycles. The number of carbonyl (C=O) groups excluding carboxylic acids is 2. The Morgan fingerprint density at radius 2 is 1.77 bits per heavy atom. The van der Waals surface area contributed by atoms with Gasteiger partial charge in [-0.05, 0) is 74.7 Å². The summed E-state index contributed by atoms with van der Waals surface area (Å²) in [5, 5.41) is 5.54. The first-order valence-electron chi connectivity index (χ1n) is 10.3. The summed E-state index contributed by atoms with van der Waals surface area (Å²) < 4.78 is 5.88. The van der Waals surface area contributed by atoms with E-state index in [1.54, 1.807) is 19.2 Å². The van der Waals surface area contributed by atoms with Crippen LogP contribution in [0.15, 0.2) is 36.4 Å². The van der Waals surface area contributed by atoms with E-state index in [0.717, 1.165) is 23.3 Å². The summed E-state index contributed by atoms with van der Waals surface area (Å²) in [5.74, 6) is 0.800.